The topological polar surface area (TPSA) is 49.5 Å². The third kappa shape index (κ3) is 2.41. The van der Waals surface area contributed by atoms with Gasteiger partial charge in [0.2, 0.25) is 0 Å². The van der Waals surface area contributed by atoms with Crippen LogP contribution in [0.15, 0.2) is 12.1 Å². The predicted molar refractivity (Wildman–Crippen MR) is 71.8 cm³/mol. The van der Waals surface area contributed by atoms with Crippen molar-refractivity contribution < 1.29 is 5.11 Å². The molecular formula is C13H19ClN2O. The van der Waals surface area contributed by atoms with Crippen molar-refractivity contribution in [3.05, 3.63) is 28.3 Å². The molecule has 1 aromatic rings. The molecule has 1 fully saturated rings. The van der Waals surface area contributed by atoms with E-state index in [0.29, 0.717) is 6.54 Å². The van der Waals surface area contributed by atoms with Gasteiger partial charge in [-0.15, -0.1) is 0 Å². The van der Waals surface area contributed by atoms with E-state index in [1.54, 1.807) is 0 Å². The van der Waals surface area contributed by atoms with Crippen LogP contribution >= 0.6 is 11.6 Å². The van der Waals surface area contributed by atoms with E-state index in [0.717, 1.165) is 34.8 Å². The molecule has 1 aliphatic heterocycles. The van der Waals surface area contributed by atoms with Gasteiger partial charge in [0.15, 0.2) is 0 Å². The Morgan fingerprint density at radius 1 is 1.47 bits per heavy atom. The van der Waals surface area contributed by atoms with Gasteiger partial charge in [0.25, 0.3) is 0 Å². The third-order valence-corrected chi connectivity index (χ3v) is 3.70. The Morgan fingerprint density at radius 2 is 2.18 bits per heavy atom. The fourth-order valence-corrected chi connectivity index (χ4v) is 2.97. The van der Waals surface area contributed by atoms with Crippen LogP contribution in [0.2, 0.25) is 5.02 Å². The second kappa shape index (κ2) is 4.48. The second-order valence-electron chi connectivity index (χ2n) is 5.10. The van der Waals surface area contributed by atoms with Gasteiger partial charge in [-0.3, -0.25) is 0 Å². The van der Waals surface area contributed by atoms with Gasteiger partial charge in [-0.2, -0.15) is 0 Å². The fraction of sp³-hybridized carbons (Fsp3) is 0.538. The van der Waals surface area contributed by atoms with Gasteiger partial charge < -0.3 is 15.7 Å². The second-order valence-corrected chi connectivity index (χ2v) is 5.51. The zero-order valence-electron chi connectivity index (χ0n) is 10.3. The summed E-state index contributed by atoms with van der Waals surface area (Å²) in [5, 5.41) is 10.1. The van der Waals surface area contributed by atoms with Crippen molar-refractivity contribution in [3.63, 3.8) is 0 Å². The maximum absolute atomic E-state index is 9.29. The summed E-state index contributed by atoms with van der Waals surface area (Å²) >= 11 is 6.31. The van der Waals surface area contributed by atoms with Crippen LogP contribution in [0.4, 0.5) is 5.69 Å². The van der Waals surface area contributed by atoms with E-state index in [2.05, 4.69) is 17.9 Å². The van der Waals surface area contributed by atoms with E-state index in [1.807, 2.05) is 13.0 Å². The third-order valence-electron chi connectivity index (χ3n) is 3.41. The Hall–Kier alpha value is -0.770. The molecule has 4 heteroatoms. The molecule has 0 aromatic heterocycles. The van der Waals surface area contributed by atoms with Gasteiger partial charge in [-0.1, -0.05) is 17.7 Å². The number of anilines is 1. The van der Waals surface area contributed by atoms with Crippen LogP contribution in [0.25, 0.3) is 0 Å². The lowest BCUT2D eigenvalue weighted by Crippen LogP contribution is -2.46. The van der Waals surface area contributed by atoms with Crippen LogP contribution < -0.4 is 10.6 Å². The smallest absolute Gasteiger partial charge is 0.0644 e. The predicted octanol–water partition coefficient (Wildman–Crippen LogP) is 1.86. The summed E-state index contributed by atoms with van der Waals surface area (Å²) in [6.45, 7) is 5.62. The highest BCUT2D eigenvalue weighted by molar-refractivity contribution is 6.33. The molecule has 0 radical (unpaired) electrons. The van der Waals surface area contributed by atoms with E-state index in [-0.39, 0.29) is 6.61 Å². The Kier molecular flexibility index (Phi) is 3.34. The highest BCUT2D eigenvalue weighted by Crippen LogP contribution is 2.34. The molecule has 3 N–H and O–H groups in total. The summed E-state index contributed by atoms with van der Waals surface area (Å²) < 4.78 is 0. The number of benzene rings is 1. The van der Waals surface area contributed by atoms with E-state index in [1.165, 1.54) is 0 Å². The van der Waals surface area contributed by atoms with Gasteiger partial charge in [0, 0.05) is 13.1 Å². The van der Waals surface area contributed by atoms with Crippen LogP contribution in [-0.4, -0.2) is 30.3 Å². The average molecular weight is 255 g/mol. The molecule has 0 amide bonds. The monoisotopic (exact) mass is 254 g/mol. The summed E-state index contributed by atoms with van der Waals surface area (Å²) in [5.74, 6) is 0. The van der Waals surface area contributed by atoms with Crippen molar-refractivity contribution in [3.8, 4) is 0 Å². The lowest BCUT2D eigenvalue weighted by atomic mass is 10.0. The Balaban J connectivity index is 2.31. The zero-order chi connectivity index (χ0) is 12.6. The first-order valence-electron chi connectivity index (χ1n) is 5.87. The highest BCUT2D eigenvalue weighted by atomic mass is 35.5. The molecular weight excluding hydrogens is 236 g/mol. The lowest BCUT2D eigenvalue weighted by Gasteiger charge is -2.25. The average Bonchev–Trinajstić information content (AvgIpc) is 2.60. The Bertz CT molecular complexity index is 412. The summed E-state index contributed by atoms with van der Waals surface area (Å²) in [5.41, 5.74) is 8.98. The summed E-state index contributed by atoms with van der Waals surface area (Å²) in [6.07, 6.45) is 0.799. The maximum atomic E-state index is 9.29. The largest absolute Gasteiger partial charge is 0.394 e. The highest BCUT2D eigenvalue weighted by Gasteiger charge is 2.35. The molecule has 1 heterocycles. The number of hydrogen-bond donors (Lipinski definition) is 2. The number of aliphatic hydroxyl groups excluding tert-OH is 1. The van der Waals surface area contributed by atoms with Crippen LogP contribution in [-0.2, 0) is 0 Å². The van der Waals surface area contributed by atoms with E-state index in [9.17, 15) is 5.11 Å². The summed E-state index contributed by atoms with van der Waals surface area (Å²) in [7, 11) is 0. The molecule has 3 nitrogen and oxygen atoms in total. The number of nitrogens with zero attached hydrogens (tertiary/aromatic N) is 1. The number of aryl methyl sites for hydroxylation is 2. The van der Waals surface area contributed by atoms with Crippen molar-refractivity contribution in [2.45, 2.75) is 25.8 Å². The zero-order valence-corrected chi connectivity index (χ0v) is 11.1. The first-order valence-corrected chi connectivity index (χ1v) is 6.24. The van der Waals surface area contributed by atoms with Gasteiger partial charge in [0.05, 0.1) is 22.9 Å². The molecule has 1 aromatic carbocycles. The van der Waals surface area contributed by atoms with Crippen molar-refractivity contribution in [1.29, 1.82) is 0 Å². The SMILES string of the molecule is Cc1cc(C)c(N2CCC(N)(CO)C2)c(Cl)c1. The van der Waals surface area contributed by atoms with Crippen molar-refractivity contribution in [2.24, 2.45) is 5.73 Å². The van der Waals surface area contributed by atoms with Crippen molar-refractivity contribution in [1.82, 2.24) is 0 Å². The number of nitrogens with two attached hydrogens (primary N) is 1. The van der Waals surface area contributed by atoms with Gasteiger partial charge >= 0.3 is 0 Å². The molecule has 1 aliphatic rings. The minimum Gasteiger partial charge on any atom is -0.394 e. The summed E-state index contributed by atoms with van der Waals surface area (Å²) in [4.78, 5) is 2.17. The summed E-state index contributed by atoms with van der Waals surface area (Å²) in [6, 6.07) is 4.09. The number of aliphatic hydroxyl groups is 1. The quantitative estimate of drug-likeness (QED) is 0.847. The fourth-order valence-electron chi connectivity index (χ4n) is 2.52. The molecule has 2 rings (SSSR count). The Morgan fingerprint density at radius 3 is 2.71 bits per heavy atom. The number of halogens is 1. The van der Waals surface area contributed by atoms with Crippen LogP contribution in [0.1, 0.15) is 17.5 Å². The van der Waals surface area contributed by atoms with Crippen LogP contribution in [0.3, 0.4) is 0 Å². The molecule has 1 unspecified atom stereocenters. The van der Waals surface area contributed by atoms with Gasteiger partial charge in [-0.05, 0) is 37.5 Å². The Labute approximate surface area is 107 Å². The molecule has 94 valence electrons. The van der Waals surface area contributed by atoms with E-state index in [4.69, 9.17) is 17.3 Å². The molecule has 17 heavy (non-hydrogen) atoms. The maximum Gasteiger partial charge on any atom is 0.0644 e. The van der Waals surface area contributed by atoms with E-state index < -0.39 is 5.54 Å². The standard InChI is InChI=1S/C13H19ClN2O/c1-9-5-10(2)12(11(14)6-9)16-4-3-13(15,7-16)8-17/h5-6,17H,3-4,7-8,15H2,1-2H3. The van der Waals surface area contributed by atoms with Crippen molar-refractivity contribution >= 4 is 17.3 Å². The number of rotatable bonds is 2. The first kappa shape index (κ1) is 12.7. The molecule has 0 spiro atoms. The molecule has 0 bridgehead atoms. The van der Waals surface area contributed by atoms with Gasteiger partial charge in [0.1, 0.15) is 0 Å². The normalized spacial score (nSPS) is 24.4. The van der Waals surface area contributed by atoms with Crippen molar-refractivity contribution in [2.75, 3.05) is 24.6 Å². The van der Waals surface area contributed by atoms with E-state index >= 15 is 0 Å². The molecule has 1 saturated heterocycles. The van der Waals surface area contributed by atoms with Crippen LogP contribution in [0, 0.1) is 13.8 Å². The van der Waals surface area contributed by atoms with Gasteiger partial charge in [-0.25, -0.2) is 0 Å². The molecule has 1 atom stereocenters. The minimum atomic E-state index is -0.485. The van der Waals surface area contributed by atoms with Crippen LogP contribution in [0.5, 0.6) is 0 Å². The number of hydrogen-bond acceptors (Lipinski definition) is 3. The molecule has 0 aliphatic carbocycles. The molecule has 0 saturated carbocycles. The minimum absolute atomic E-state index is 0.0199. The first-order chi connectivity index (χ1) is 7.95. The lowest BCUT2D eigenvalue weighted by molar-refractivity contribution is 0.210.